The maximum Gasteiger partial charge on any atom is 0.338 e. The number of phenols is 1. The summed E-state index contributed by atoms with van der Waals surface area (Å²) in [6.45, 7) is 2.00. The number of carbonyl (C=O) groups is 2. The van der Waals surface area contributed by atoms with Crippen LogP contribution in [0.1, 0.15) is 22.8 Å². The summed E-state index contributed by atoms with van der Waals surface area (Å²) in [7, 11) is 0. The molecule has 7 heteroatoms. The summed E-state index contributed by atoms with van der Waals surface area (Å²) < 4.78 is 5.35. The summed E-state index contributed by atoms with van der Waals surface area (Å²) in [5.41, 5.74) is 1.29. The predicted octanol–water partition coefficient (Wildman–Crippen LogP) is 3.88. The number of esters is 1. The molecule has 6 nitrogen and oxygen atoms in total. The third-order valence-electron chi connectivity index (χ3n) is 3.30. The van der Waals surface area contributed by atoms with Crippen LogP contribution < -0.4 is 5.32 Å². The van der Waals surface area contributed by atoms with Gasteiger partial charge in [0.1, 0.15) is 17.4 Å². The van der Waals surface area contributed by atoms with Gasteiger partial charge in [0, 0.05) is 5.69 Å². The monoisotopic (exact) mass is 414 g/mol. The summed E-state index contributed by atoms with van der Waals surface area (Å²) in [6, 6.07) is 12.6. The fourth-order valence-electron chi connectivity index (χ4n) is 2.03. The molecule has 0 atom stereocenters. The van der Waals surface area contributed by atoms with E-state index in [0.29, 0.717) is 21.3 Å². The van der Waals surface area contributed by atoms with E-state index in [1.807, 2.05) is 6.07 Å². The molecule has 0 saturated carbocycles. The van der Waals surface area contributed by atoms with Gasteiger partial charge in [-0.3, -0.25) is 4.79 Å². The highest BCUT2D eigenvalue weighted by molar-refractivity contribution is 9.10. The molecule has 132 valence electrons. The minimum atomic E-state index is -0.583. The van der Waals surface area contributed by atoms with Crippen LogP contribution in [0.4, 0.5) is 5.69 Å². The number of ether oxygens (including phenoxy) is 1. The van der Waals surface area contributed by atoms with Crippen LogP contribution in [0.25, 0.3) is 6.08 Å². The lowest BCUT2D eigenvalue weighted by Gasteiger charge is -2.06. The van der Waals surface area contributed by atoms with Gasteiger partial charge >= 0.3 is 5.97 Å². The largest absolute Gasteiger partial charge is 0.507 e. The number of rotatable bonds is 5. The first-order valence-electron chi connectivity index (χ1n) is 7.63. The highest BCUT2D eigenvalue weighted by atomic mass is 79.9. The second-order valence-electron chi connectivity index (χ2n) is 5.13. The second kappa shape index (κ2) is 8.83. The summed E-state index contributed by atoms with van der Waals surface area (Å²) in [5.74, 6) is -0.965. The molecule has 2 aromatic rings. The lowest BCUT2D eigenvalue weighted by Crippen LogP contribution is -2.13. The molecule has 0 bridgehead atoms. The Kier molecular flexibility index (Phi) is 6.53. The van der Waals surface area contributed by atoms with Gasteiger partial charge in [-0.15, -0.1) is 0 Å². The fraction of sp³-hybridized carbons (Fsp3) is 0.105. The van der Waals surface area contributed by atoms with Gasteiger partial charge in [-0.05, 0) is 70.9 Å². The van der Waals surface area contributed by atoms with Gasteiger partial charge in [0.15, 0.2) is 0 Å². The van der Waals surface area contributed by atoms with Crippen molar-refractivity contribution in [2.75, 3.05) is 11.9 Å². The van der Waals surface area contributed by atoms with Crippen molar-refractivity contribution in [1.82, 2.24) is 0 Å². The number of phenolic OH excluding ortho intramolecular Hbond substituents is 1. The van der Waals surface area contributed by atoms with Gasteiger partial charge in [-0.25, -0.2) is 4.79 Å². The number of nitrogens with zero attached hydrogens (tertiary/aromatic N) is 1. The standard InChI is InChI=1S/C19H15BrN2O4/c1-2-26-19(25)13-4-6-15(7-5-13)22-18(24)14(11-21)9-12-3-8-17(23)16(20)10-12/h3-10,23H,2H2,1H3,(H,22,24)/b14-9+. The van der Waals surface area contributed by atoms with Gasteiger partial charge in [0.05, 0.1) is 16.6 Å². The minimum Gasteiger partial charge on any atom is -0.507 e. The van der Waals surface area contributed by atoms with E-state index in [0.717, 1.165) is 0 Å². The first-order valence-corrected chi connectivity index (χ1v) is 8.42. The Labute approximate surface area is 158 Å². The van der Waals surface area contributed by atoms with Gasteiger partial charge in [0.25, 0.3) is 5.91 Å². The van der Waals surface area contributed by atoms with E-state index >= 15 is 0 Å². The molecule has 1 amide bonds. The predicted molar refractivity (Wildman–Crippen MR) is 100 cm³/mol. The molecule has 0 aliphatic heterocycles. The Morgan fingerprint density at radius 2 is 1.96 bits per heavy atom. The molecule has 0 unspecified atom stereocenters. The van der Waals surface area contributed by atoms with Crippen LogP contribution in [-0.4, -0.2) is 23.6 Å². The number of hydrogen-bond acceptors (Lipinski definition) is 5. The maximum absolute atomic E-state index is 12.3. The fourth-order valence-corrected chi connectivity index (χ4v) is 2.43. The van der Waals surface area contributed by atoms with Gasteiger partial charge in [-0.2, -0.15) is 5.26 Å². The van der Waals surface area contributed by atoms with Gasteiger partial charge in [0.2, 0.25) is 0 Å². The molecule has 0 spiro atoms. The molecule has 0 aliphatic carbocycles. The van der Waals surface area contributed by atoms with Crippen LogP contribution in [0.15, 0.2) is 52.5 Å². The third-order valence-corrected chi connectivity index (χ3v) is 3.94. The molecule has 0 radical (unpaired) electrons. The number of nitriles is 1. The molecular weight excluding hydrogens is 400 g/mol. The molecule has 2 N–H and O–H groups in total. The molecule has 0 heterocycles. The Morgan fingerprint density at radius 1 is 1.27 bits per heavy atom. The molecule has 2 rings (SSSR count). The highest BCUT2D eigenvalue weighted by Crippen LogP contribution is 2.25. The van der Waals surface area contributed by atoms with Crippen LogP contribution >= 0.6 is 15.9 Å². The van der Waals surface area contributed by atoms with E-state index in [2.05, 4.69) is 21.2 Å². The van der Waals surface area contributed by atoms with Crippen molar-refractivity contribution in [3.8, 4) is 11.8 Å². The molecular formula is C19H15BrN2O4. The average Bonchev–Trinajstić information content (AvgIpc) is 2.63. The number of anilines is 1. The van der Waals surface area contributed by atoms with Crippen LogP contribution in [0.2, 0.25) is 0 Å². The SMILES string of the molecule is CCOC(=O)c1ccc(NC(=O)/C(C#N)=C/c2ccc(O)c(Br)c2)cc1. The van der Waals surface area contributed by atoms with Gasteiger partial charge in [-0.1, -0.05) is 6.07 Å². The number of halogens is 1. The summed E-state index contributed by atoms with van der Waals surface area (Å²) in [4.78, 5) is 23.9. The summed E-state index contributed by atoms with van der Waals surface area (Å²) in [5, 5.41) is 21.3. The van der Waals surface area contributed by atoms with Crippen molar-refractivity contribution in [2.24, 2.45) is 0 Å². The van der Waals surface area contributed by atoms with E-state index in [1.165, 1.54) is 24.3 Å². The van der Waals surface area contributed by atoms with Crippen LogP contribution in [0.5, 0.6) is 5.75 Å². The first kappa shape index (κ1) is 19.2. The van der Waals surface area contributed by atoms with E-state index in [9.17, 15) is 20.0 Å². The quantitative estimate of drug-likeness (QED) is 0.439. The zero-order valence-corrected chi connectivity index (χ0v) is 15.4. The van der Waals surface area contributed by atoms with Crippen LogP contribution in [0.3, 0.4) is 0 Å². The average molecular weight is 415 g/mol. The number of benzene rings is 2. The molecule has 0 aromatic heterocycles. The Bertz CT molecular complexity index is 899. The summed E-state index contributed by atoms with van der Waals surface area (Å²) in [6.07, 6.45) is 1.41. The van der Waals surface area contributed by atoms with Crippen LogP contribution in [0, 0.1) is 11.3 Å². The number of carbonyl (C=O) groups excluding carboxylic acids is 2. The molecule has 0 aliphatic rings. The molecule has 26 heavy (non-hydrogen) atoms. The third kappa shape index (κ3) is 4.94. The Balaban J connectivity index is 2.14. The van der Waals surface area contributed by atoms with E-state index < -0.39 is 11.9 Å². The van der Waals surface area contributed by atoms with Crippen LogP contribution in [-0.2, 0) is 9.53 Å². The smallest absolute Gasteiger partial charge is 0.338 e. The lowest BCUT2D eigenvalue weighted by molar-refractivity contribution is -0.112. The molecule has 0 fully saturated rings. The van der Waals surface area contributed by atoms with Crippen molar-refractivity contribution < 1.29 is 19.4 Å². The van der Waals surface area contributed by atoms with E-state index in [-0.39, 0.29) is 17.9 Å². The van der Waals surface area contributed by atoms with Gasteiger partial charge < -0.3 is 15.2 Å². The Morgan fingerprint density at radius 3 is 2.54 bits per heavy atom. The number of amides is 1. The normalized spacial score (nSPS) is 10.7. The summed E-state index contributed by atoms with van der Waals surface area (Å²) >= 11 is 3.18. The first-order chi connectivity index (χ1) is 12.4. The maximum atomic E-state index is 12.3. The number of aromatic hydroxyl groups is 1. The van der Waals surface area contributed by atoms with Crippen molar-refractivity contribution >= 4 is 39.6 Å². The van der Waals surface area contributed by atoms with Crippen molar-refractivity contribution in [1.29, 1.82) is 5.26 Å². The van der Waals surface area contributed by atoms with E-state index in [4.69, 9.17) is 4.74 Å². The lowest BCUT2D eigenvalue weighted by atomic mass is 10.1. The van der Waals surface area contributed by atoms with Crippen molar-refractivity contribution in [3.05, 3.63) is 63.6 Å². The number of nitrogens with one attached hydrogen (secondary N) is 1. The molecule has 2 aromatic carbocycles. The highest BCUT2D eigenvalue weighted by Gasteiger charge is 2.11. The minimum absolute atomic E-state index is 0.0619. The zero-order valence-electron chi connectivity index (χ0n) is 13.8. The Hall–Kier alpha value is -3.11. The van der Waals surface area contributed by atoms with Crippen molar-refractivity contribution in [2.45, 2.75) is 6.92 Å². The van der Waals surface area contributed by atoms with Crippen molar-refractivity contribution in [3.63, 3.8) is 0 Å². The van der Waals surface area contributed by atoms with E-state index in [1.54, 1.807) is 31.2 Å². The number of hydrogen-bond donors (Lipinski definition) is 2. The second-order valence-corrected chi connectivity index (χ2v) is 5.99. The zero-order chi connectivity index (χ0) is 19.1. The molecule has 0 saturated heterocycles. The topological polar surface area (TPSA) is 99.4 Å².